The van der Waals surface area contributed by atoms with Gasteiger partial charge in [0.2, 0.25) is 0 Å². The van der Waals surface area contributed by atoms with Crippen LogP contribution in [0.5, 0.6) is 0 Å². The molecule has 0 aliphatic rings. The number of carbonyl (C=O) groups excluding carboxylic acids is 2. The number of aromatic nitrogens is 1. The quantitative estimate of drug-likeness (QED) is 0.879. The first-order valence-electron chi connectivity index (χ1n) is 6.65. The van der Waals surface area contributed by atoms with Crippen LogP contribution in [0.15, 0.2) is 42.7 Å². The molecule has 114 valence electrons. The lowest BCUT2D eigenvalue weighted by Crippen LogP contribution is -2.30. The number of benzene rings is 1. The van der Waals surface area contributed by atoms with Crippen LogP contribution in [0, 0.1) is 6.92 Å². The maximum absolute atomic E-state index is 12.0. The molecule has 0 aliphatic carbocycles. The number of nitrogens with zero attached hydrogens (tertiary/aromatic N) is 1. The summed E-state index contributed by atoms with van der Waals surface area (Å²) in [7, 11) is 0. The fourth-order valence-electron chi connectivity index (χ4n) is 1.68. The molecule has 0 saturated heterocycles. The van der Waals surface area contributed by atoms with E-state index in [0.29, 0.717) is 16.3 Å². The molecule has 1 amide bonds. The van der Waals surface area contributed by atoms with E-state index in [9.17, 15) is 9.59 Å². The van der Waals surface area contributed by atoms with Crippen LogP contribution in [0.1, 0.15) is 22.8 Å². The third-order valence-corrected chi connectivity index (χ3v) is 3.40. The van der Waals surface area contributed by atoms with Crippen molar-refractivity contribution in [2.24, 2.45) is 0 Å². The lowest BCUT2D eigenvalue weighted by molar-refractivity contribution is -0.123. The van der Waals surface area contributed by atoms with E-state index in [4.69, 9.17) is 16.3 Å². The molecule has 0 radical (unpaired) electrons. The number of rotatable bonds is 4. The van der Waals surface area contributed by atoms with E-state index in [1.54, 1.807) is 36.5 Å². The molecular weight excluding hydrogens is 304 g/mol. The van der Waals surface area contributed by atoms with Crippen molar-refractivity contribution in [3.05, 3.63) is 58.9 Å². The SMILES string of the molecule is Cc1ccc(NC(=O)C(C)OC(=O)c2cccnc2)cc1Cl. The Hall–Kier alpha value is -2.40. The highest BCUT2D eigenvalue weighted by molar-refractivity contribution is 6.31. The van der Waals surface area contributed by atoms with Crippen molar-refractivity contribution in [1.82, 2.24) is 4.98 Å². The molecule has 2 aromatic rings. The summed E-state index contributed by atoms with van der Waals surface area (Å²) >= 11 is 6.00. The van der Waals surface area contributed by atoms with Crippen molar-refractivity contribution in [3.63, 3.8) is 0 Å². The summed E-state index contributed by atoms with van der Waals surface area (Å²) in [5, 5.41) is 3.20. The summed E-state index contributed by atoms with van der Waals surface area (Å²) in [6.45, 7) is 3.37. The van der Waals surface area contributed by atoms with Crippen molar-refractivity contribution in [2.75, 3.05) is 5.32 Å². The topological polar surface area (TPSA) is 68.3 Å². The van der Waals surface area contributed by atoms with Gasteiger partial charge in [-0.05, 0) is 43.7 Å². The van der Waals surface area contributed by atoms with Gasteiger partial charge in [-0.2, -0.15) is 0 Å². The highest BCUT2D eigenvalue weighted by Crippen LogP contribution is 2.20. The van der Waals surface area contributed by atoms with E-state index in [1.807, 2.05) is 6.92 Å². The van der Waals surface area contributed by atoms with E-state index >= 15 is 0 Å². The molecule has 1 aromatic heterocycles. The summed E-state index contributed by atoms with van der Waals surface area (Å²) in [6.07, 6.45) is 1.99. The predicted molar refractivity (Wildman–Crippen MR) is 83.9 cm³/mol. The van der Waals surface area contributed by atoms with E-state index in [1.165, 1.54) is 13.1 Å². The number of pyridine rings is 1. The van der Waals surface area contributed by atoms with Gasteiger partial charge in [-0.15, -0.1) is 0 Å². The molecule has 1 N–H and O–H groups in total. The summed E-state index contributed by atoms with van der Waals surface area (Å²) in [5.41, 5.74) is 1.75. The van der Waals surface area contributed by atoms with Crippen LogP contribution in [0.25, 0.3) is 0 Å². The van der Waals surface area contributed by atoms with Gasteiger partial charge in [0.05, 0.1) is 5.56 Å². The van der Waals surface area contributed by atoms with Gasteiger partial charge < -0.3 is 10.1 Å². The third kappa shape index (κ3) is 4.05. The van der Waals surface area contributed by atoms with Crippen LogP contribution in [-0.2, 0) is 9.53 Å². The summed E-state index contributed by atoms with van der Waals surface area (Å²) in [6, 6.07) is 8.36. The second kappa shape index (κ2) is 7.04. The lowest BCUT2D eigenvalue weighted by atomic mass is 10.2. The van der Waals surface area contributed by atoms with Gasteiger partial charge in [0, 0.05) is 23.1 Å². The first kappa shape index (κ1) is 16.0. The molecule has 0 fully saturated rings. The molecule has 0 spiro atoms. The van der Waals surface area contributed by atoms with Crippen LogP contribution in [-0.4, -0.2) is 23.0 Å². The van der Waals surface area contributed by atoms with Gasteiger partial charge in [-0.25, -0.2) is 4.79 Å². The van der Waals surface area contributed by atoms with E-state index in [2.05, 4.69) is 10.3 Å². The Morgan fingerprint density at radius 2 is 2.09 bits per heavy atom. The Labute approximate surface area is 133 Å². The third-order valence-electron chi connectivity index (χ3n) is 2.99. The normalized spacial score (nSPS) is 11.6. The number of amides is 1. The molecule has 22 heavy (non-hydrogen) atoms. The second-order valence-electron chi connectivity index (χ2n) is 4.74. The Kier molecular flexibility index (Phi) is 5.12. The molecule has 1 heterocycles. The maximum Gasteiger partial charge on any atom is 0.340 e. The molecule has 1 unspecified atom stereocenters. The number of hydrogen-bond donors (Lipinski definition) is 1. The Morgan fingerprint density at radius 1 is 1.32 bits per heavy atom. The van der Waals surface area contributed by atoms with Gasteiger partial charge in [-0.1, -0.05) is 17.7 Å². The fourth-order valence-corrected chi connectivity index (χ4v) is 1.86. The zero-order chi connectivity index (χ0) is 16.1. The number of carbonyl (C=O) groups is 2. The minimum Gasteiger partial charge on any atom is -0.449 e. The average molecular weight is 319 g/mol. The van der Waals surface area contributed by atoms with Crippen LogP contribution in [0.2, 0.25) is 5.02 Å². The molecule has 5 nitrogen and oxygen atoms in total. The molecule has 1 aromatic carbocycles. The van der Waals surface area contributed by atoms with Crippen molar-refractivity contribution < 1.29 is 14.3 Å². The molecule has 0 saturated carbocycles. The van der Waals surface area contributed by atoms with E-state index < -0.39 is 18.0 Å². The Bertz CT molecular complexity index is 689. The number of nitrogens with one attached hydrogen (secondary N) is 1. The number of hydrogen-bond acceptors (Lipinski definition) is 4. The largest absolute Gasteiger partial charge is 0.449 e. The Balaban J connectivity index is 1.97. The predicted octanol–water partition coefficient (Wildman–Crippen LogP) is 3.23. The Morgan fingerprint density at radius 3 is 2.73 bits per heavy atom. The van der Waals surface area contributed by atoms with Gasteiger partial charge in [0.15, 0.2) is 6.10 Å². The van der Waals surface area contributed by atoms with Crippen LogP contribution in [0.4, 0.5) is 5.69 Å². The number of aryl methyl sites for hydroxylation is 1. The highest BCUT2D eigenvalue weighted by Gasteiger charge is 2.19. The number of halogens is 1. The average Bonchev–Trinajstić information content (AvgIpc) is 2.51. The van der Waals surface area contributed by atoms with Crippen LogP contribution in [0.3, 0.4) is 0 Å². The highest BCUT2D eigenvalue weighted by atomic mass is 35.5. The first-order valence-corrected chi connectivity index (χ1v) is 7.03. The molecule has 2 rings (SSSR count). The van der Waals surface area contributed by atoms with Crippen molar-refractivity contribution in [1.29, 1.82) is 0 Å². The number of esters is 1. The van der Waals surface area contributed by atoms with Crippen molar-refractivity contribution >= 4 is 29.2 Å². The van der Waals surface area contributed by atoms with Crippen LogP contribution >= 0.6 is 11.6 Å². The smallest absolute Gasteiger partial charge is 0.340 e. The second-order valence-corrected chi connectivity index (χ2v) is 5.15. The standard InChI is InChI=1S/C16H15ClN2O3/c1-10-5-6-13(8-14(10)17)19-15(20)11(2)22-16(21)12-4-3-7-18-9-12/h3-9,11H,1-2H3,(H,19,20). The molecule has 0 aliphatic heterocycles. The summed E-state index contributed by atoms with van der Waals surface area (Å²) < 4.78 is 5.10. The molecule has 1 atom stereocenters. The van der Waals surface area contributed by atoms with Gasteiger partial charge in [0.25, 0.3) is 5.91 Å². The molecule has 0 bridgehead atoms. The van der Waals surface area contributed by atoms with Gasteiger partial charge >= 0.3 is 5.97 Å². The van der Waals surface area contributed by atoms with E-state index in [-0.39, 0.29) is 0 Å². The molecule has 6 heteroatoms. The zero-order valence-corrected chi connectivity index (χ0v) is 12.9. The lowest BCUT2D eigenvalue weighted by Gasteiger charge is -2.14. The van der Waals surface area contributed by atoms with Crippen LogP contribution < -0.4 is 5.32 Å². The number of anilines is 1. The van der Waals surface area contributed by atoms with E-state index in [0.717, 1.165) is 5.56 Å². The van der Waals surface area contributed by atoms with Crippen molar-refractivity contribution in [2.45, 2.75) is 20.0 Å². The first-order chi connectivity index (χ1) is 10.5. The van der Waals surface area contributed by atoms with Crippen molar-refractivity contribution in [3.8, 4) is 0 Å². The summed E-state index contributed by atoms with van der Waals surface area (Å²) in [5.74, 6) is -1.03. The van der Waals surface area contributed by atoms with Gasteiger partial charge in [0.1, 0.15) is 0 Å². The summed E-state index contributed by atoms with van der Waals surface area (Å²) in [4.78, 5) is 27.7. The molecular formula is C16H15ClN2O3. The number of ether oxygens (including phenoxy) is 1. The van der Waals surface area contributed by atoms with Gasteiger partial charge in [-0.3, -0.25) is 9.78 Å². The minimum atomic E-state index is -0.937. The zero-order valence-electron chi connectivity index (χ0n) is 12.2. The monoisotopic (exact) mass is 318 g/mol. The minimum absolute atomic E-state index is 0.292. The maximum atomic E-state index is 12.0. The fraction of sp³-hybridized carbons (Fsp3) is 0.188.